The highest BCUT2D eigenvalue weighted by atomic mass is 19.1. The van der Waals surface area contributed by atoms with E-state index in [1.54, 1.807) is 0 Å². The fourth-order valence-corrected chi connectivity index (χ4v) is 3.09. The van der Waals surface area contributed by atoms with E-state index in [4.69, 9.17) is 5.73 Å². The number of nitrogens with zero attached hydrogens (tertiary/aromatic N) is 1. The molecule has 1 saturated carbocycles. The number of nitrogens with two attached hydrogens (primary N) is 1. The van der Waals surface area contributed by atoms with E-state index in [1.807, 2.05) is 12.1 Å². The summed E-state index contributed by atoms with van der Waals surface area (Å²) in [5.41, 5.74) is 7.01. The molecule has 3 atom stereocenters. The van der Waals surface area contributed by atoms with Crippen LogP contribution >= 0.6 is 0 Å². The first-order chi connectivity index (χ1) is 8.63. The Balaban J connectivity index is 2.08. The van der Waals surface area contributed by atoms with Crippen molar-refractivity contribution < 1.29 is 4.39 Å². The molecule has 2 rings (SSSR count). The Morgan fingerprint density at radius 3 is 2.61 bits per heavy atom. The van der Waals surface area contributed by atoms with E-state index in [9.17, 15) is 4.39 Å². The van der Waals surface area contributed by atoms with E-state index in [1.165, 1.54) is 37.0 Å². The molecule has 0 amide bonds. The molecule has 0 heterocycles. The van der Waals surface area contributed by atoms with Gasteiger partial charge in [0.15, 0.2) is 0 Å². The Morgan fingerprint density at radius 2 is 2.00 bits per heavy atom. The summed E-state index contributed by atoms with van der Waals surface area (Å²) in [7, 11) is 2.16. The summed E-state index contributed by atoms with van der Waals surface area (Å²) < 4.78 is 12.9. The molecule has 1 aromatic carbocycles. The minimum atomic E-state index is -0.172. The number of hydrogen-bond donors (Lipinski definition) is 1. The van der Waals surface area contributed by atoms with Gasteiger partial charge in [-0.05, 0) is 57.0 Å². The third kappa shape index (κ3) is 2.73. The van der Waals surface area contributed by atoms with Gasteiger partial charge in [0.2, 0.25) is 0 Å². The van der Waals surface area contributed by atoms with Gasteiger partial charge in [0, 0.05) is 12.1 Å². The lowest BCUT2D eigenvalue weighted by Gasteiger charge is -2.34. The average Bonchev–Trinajstić information content (AvgIpc) is 2.86. The zero-order valence-corrected chi connectivity index (χ0v) is 11.3. The zero-order chi connectivity index (χ0) is 13.1. The van der Waals surface area contributed by atoms with Crippen LogP contribution in [-0.2, 0) is 0 Å². The quantitative estimate of drug-likeness (QED) is 0.890. The maximum Gasteiger partial charge on any atom is 0.123 e. The van der Waals surface area contributed by atoms with Gasteiger partial charge >= 0.3 is 0 Å². The van der Waals surface area contributed by atoms with Crippen LogP contribution in [0, 0.1) is 11.7 Å². The summed E-state index contributed by atoms with van der Waals surface area (Å²) in [5.74, 6) is 0.437. The fraction of sp³-hybridized carbons (Fsp3) is 0.600. The van der Waals surface area contributed by atoms with E-state index in [0.29, 0.717) is 18.0 Å². The summed E-state index contributed by atoms with van der Waals surface area (Å²) in [6.07, 6.45) is 3.73. The van der Waals surface area contributed by atoms with Crippen LogP contribution in [0.25, 0.3) is 0 Å². The largest absolute Gasteiger partial charge is 0.330 e. The van der Waals surface area contributed by atoms with Crippen molar-refractivity contribution in [1.82, 2.24) is 4.90 Å². The molecule has 2 nitrogen and oxygen atoms in total. The number of hydrogen-bond acceptors (Lipinski definition) is 2. The van der Waals surface area contributed by atoms with E-state index >= 15 is 0 Å². The van der Waals surface area contributed by atoms with E-state index < -0.39 is 0 Å². The fourth-order valence-electron chi connectivity index (χ4n) is 3.09. The first-order valence-electron chi connectivity index (χ1n) is 6.81. The van der Waals surface area contributed by atoms with Crippen LogP contribution in [0.1, 0.15) is 37.8 Å². The first-order valence-corrected chi connectivity index (χ1v) is 6.81. The molecule has 0 aliphatic heterocycles. The van der Waals surface area contributed by atoms with E-state index in [-0.39, 0.29) is 5.82 Å². The lowest BCUT2D eigenvalue weighted by molar-refractivity contribution is 0.152. The van der Waals surface area contributed by atoms with Crippen LogP contribution in [0.3, 0.4) is 0 Å². The van der Waals surface area contributed by atoms with Gasteiger partial charge in [-0.1, -0.05) is 18.6 Å². The van der Waals surface area contributed by atoms with Crippen molar-refractivity contribution in [1.29, 1.82) is 0 Å². The second-order valence-electron chi connectivity index (χ2n) is 5.39. The van der Waals surface area contributed by atoms with Crippen molar-refractivity contribution in [3.63, 3.8) is 0 Å². The second-order valence-corrected chi connectivity index (χ2v) is 5.39. The highest BCUT2D eigenvalue weighted by molar-refractivity contribution is 5.19. The molecule has 1 fully saturated rings. The predicted octanol–water partition coefficient (Wildman–Crippen LogP) is 2.95. The highest BCUT2D eigenvalue weighted by Crippen LogP contribution is 2.33. The SMILES string of the molecule is CC(c1ccc(F)cc1)N(C)C1CCCC1CN. The summed E-state index contributed by atoms with van der Waals surface area (Å²) in [6, 6.07) is 7.70. The maximum atomic E-state index is 12.9. The molecule has 0 bridgehead atoms. The van der Waals surface area contributed by atoms with Gasteiger partial charge < -0.3 is 5.73 Å². The third-order valence-corrected chi connectivity index (χ3v) is 4.41. The van der Waals surface area contributed by atoms with Crippen LogP contribution < -0.4 is 5.73 Å². The molecule has 1 aromatic rings. The van der Waals surface area contributed by atoms with Crippen LogP contribution in [-0.4, -0.2) is 24.5 Å². The Kier molecular flexibility index (Phi) is 4.36. The third-order valence-electron chi connectivity index (χ3n) is 4.41. The number of halogens is 1. The van der Waals surface area contributed by atoms with Gasteiger partial charge in [0.05, 0.1) is 0 Å². The monoisotopic (exact) mass is 250 g/mol. The summed E-state index contributed by atoms with van der Waals surface area (Å²) in [5, 5.41) is 0. The van der Waals surface area contributed by atoms with Crippen molar-refractivity contribution in [2.75, 3.05) is 13.6 Å². The zero-order valence-electron chi connectivity index (χ0n) is 11.3. The summed E-state index contributed by atoms with van der Waals surface area (Å²) in [4.78, 5) is 2.40. The van der Waals surface area contributed by atoms with Crippen LogP contribution in [0.2, 0.25) is 0 Å². The lowest BCUT2D eigenvalue weighted by Crippen LogP contribution is -2.39. The molecule has 1 aliphatic carbocycles. The molecule has 0 saturated heterocycles. The molecule has 1 aliphatic rings. The molecule has 3 unspecified atom stereocenters. The molecule has 2 N–H and O–H groups in total. The molecule has 0 aromatic heterocycles. The minimum absolute atomic E-state index is 0.172. The van der Waals surface area contributed by atoms with Crippen molar-refractivity contribution in [2.24, 2.45) is 11.7 Å². The lowest BCUT2D eigenvalue weighted by atomic mass is 9.99. The topological polar surface area (TPSA) is 29.3 Å². The molecular weight excluding hydrogens is 227 g/mol. The van der Waals surface area contributed by atoms with Crippen molar-refractivity contribution >= 4 is 0 Å². The Bertz CT molecular complexity index is 377. The highest BCUT2D eigenvalue weighted by Gasteiger charge is 2.31. The normalized spacial score (nSPS) is 25.6. The van der Waals surface area contributed by atoms with Gasteiger partial charge in [0.1, 0.15) is 5.82 Å². The number of rotatable bonds is 4. The van der Waals surface area contributed by atoms with Gasteiger partial charge in [-0.15, -0.1) is 0 Å². The summed E-state index contributed by atoms with van der Waals surface area (Å²) >= 11 is 0. The molecule has 18 heavy (non-hydrogen) atoms. The Labute approximate surface area is 109 Å². The van der Waals surface area contributed by atoms with E-state index in [2.05, 4.69) is 18.9 Å². The Hall–Kier alpha value is -0.930. The van der Waals surface area contributed by atoms with Crippen LogP contribution in [0.4, 0.5) is 4.39 Å². The van der Waals surface area contributed by atoms with Gasteiger partial charge in [-0.3, -0.25) is 4.90 Å². The smallest absolute Gasteiger partial charge is 0.123 e. The predicted molar refractivity (Wildman–Crippen MR) is 72.8 cm³/mol. The van der Waals surface area contributed by atoms with Gasteiger partial charge in [-0.25, -0.2) is 4.39 Å². The minimum Gasteiger partial charge on any atom is -0.330 e. The standard InChI is InChI=1S/C15H23FN2/c1-11(12-6-8-14(16)9-7-12)18(2)15-5-3-4-13(15)10-17/h6-9,11,13,15H,3-5,10,17H2,1-2H3. The summed E-state index contributed by atoms with van der Waals surface area (Å²) in [6.45, 7) is 2.95. The van der Waals surface area contributed by atoms with E-state index in [0.717, 1.165) is 6.54 Å². The molecule has 100 valence electrons. The van der Waals surface area contributed by atoms with Crippen molar-refractivity contribution in [3.05, 3.63) is 35.6 Å². The molecule has 0 spiro atoms. The molecule has 0 radical (unpaired) electrons. The maximum absolute atomic E-state index is 12.9. The number of benzene rings is 1. The second kappa shape index (κ2) is 5.81. The Morgan fingerprint density at radius 1 is 1.33 bits per heavy atom. The van der Waals surface area contributed by atoms with Crippen LogP contribution in [0.15, 0.2) is 24.3 Å². The van der Waals surface area contributed by atoms with Gasteiger partial charge in [-0.2, -0.15) is 0 Å². The first kappa shape index (κ1) is 13.5. The average molecular weight is 250 g/mol. The van der Waals surface area contributed by atoms with Gasteiger partial charge in [0.25, 0.3) is 0 Å². The van der Waals surface area contributed by atoms with Crippen molar-refractivity contribution in [3.8, 4) is 0 Å². The van der Waals surface area contributed by atoms with Crippen molar-refractivity contribution in [2.45, 2.75) is 38.3 Å². The molecule has 3 heteroatoms. The molecular formula is C15H23FN2. The van der Waals surface area contributed by atoms with Crippen LogP contribution in [0.5, 0.6) is 0 Å².